The molecule has 0 heterocycles. The van der Waals surface area contributed by atoms with Gasteiger partial charge in [0.15, 0.2) is 0 Å². The van der Waals surface area contributed by atoms with Crippen LogP contribution < -0.4 is 11.1 Å². The highest BCUT2D eigenvalue weighted by Gasteiger charge is 2.02. The van der Waals surface area contributed by atoms with Crippen molar-refractivity contribution >= 4 is 0 Å². The molecule has 0 aromatic heterocycles. The second-order valence-corrected chi connectivity index (χ2v) is 3.04. The Balaban J connectivity index is 4.64. The average Bonchev–Trinajstić information content (AvgIpc) is 2.21. The summed E-state index contributed by atoms with van der Waals surface area (Å²) >= 11 is 0. The summed E-state index contributed by atoms with van der Waals surface area (Å²) in [6, 6.07) is 0. The molecular weight excluding hydrogens is 172 g/mol. The predicted molar refractivity (Wildman–Crippen MR) is 63.9 cm³/mol. The van der Waals surface area contributed by atoms with E-state index in [2.05, 4.69) is 25.1 Å². The Morgan fingerprint density at radius 1 is 1.43 bits per heavy atom. The Kier molecular flexibility index (Phi) is 6.50. The molecule has 0 fully saturated rings. The summed E-state index contributed by atoms with van der Waals surface area (Å²) in [5.74, 6) is 0. The molecule has 0 aliphatic rings. The molecule has 2 nitrogen and oxygen atoms in total. The van der Waals surface area contributed by atoms with Crippen LogP contribution in [0.2, 0.25) is 0 Å². The van der Waals surface area contributed by atoms with Gasteiger partial charge in [-0.25, -0.2) is 0 Å². The van der Waals surface area contributed by atoms with Crippen molar-refractivity contribution in [1.29, 1.82) is 0 Å². The smallest absolute Gasteiger partial charge is 0.0325 e. The topological polar surface area (TPSA) is 38.0 Å². The monoisotopic (exact) mass is 192 g/mol. The minimum atomic E-state index is 0.620. The van der Waals surface area contributed by atoms with E-state index in [0.717, 1.165) is 29.8 Å². The zero-order chi connectivity index (χ0) is 11.0. The van der Waals surface area contributed by atoms with Crippen molar-refractivity contribution in [3.05, 3.63) is 48.7 Å². The molecule has 0 spiro atoms. The van der Waals surface area contributed by atoms with E-state index in [-0.39, 0.29) is 0 Å². The van der Waals surface area contributed by atoms with Gasteiger partial charge in [0.2, 0.25) is 0 Å². The second kappa shape index (κ2) is 7.15. The molecule has 2 heteroatoms. The normalized spacial score (nSPS) is 11.6. The summed E-state index contributed by atoms with van der Waals surface area (Å²) in [7, 11) is 0. The fourth-order valence-electron chi connectivity index (χ4n) is 1.19. The standard InChI is InChI=1S/C12H20N2/c1-5-9-14-11(4)12(7-8-13)10(3)6-2/h5-6,14H,1-3,7-9,13H2,4H3/b12-11-. The highest BCUT2D eigenvalue weighted by Crippen LogP contribution is 2.15. The molecule has 0 bridgehead atoms. The molecule has 0 aromatic carbocycles. The van der Waals surface area contributed by atoms with Crippen molar-refractivity contribution in [2.45, 2.75) is 13.3 Å². The van der Waals surface area contributed by atoms with Crippen LogP contribution in [0, 0.1) is 0 Å². The maximum atomic E-state index is 5.53. The van der Waals surface area contributed by atoms with Crippen LogP contribution in [0.5, 0.6) is 0 Å². The highest BCUT2D eigenvalue weighted by molar-refractivity contribution is 5.39. The summed E-state index contributed by atoms with van der Waals surface area (Å²) in [5.41, 5.74) is 8.71. The van der Waals surface area contributed by atoms with Gasteiger partial charge in [0, 0.05) is 12.2 Å². The lowest BCUT2D eigenvalue weighted by Gasteiger charge is -2.12. The van der Waals surface area contributed by atoms with E-state index in [1.807, 2.05) is 13.0 Å². The molecule has 0 radical (unpaired) electrons. The fourth-order valence-corrected chi connectivity index (χ4v) is 1.19. The van der Waals surface area contributed by atoms with E-state index >= 15 is 0 Å². The van der Waals surface area contributed by atoms with Gasteiger partial charge in [0.25, 0.3) is 0 Å². The Labute approximate surface area is 86.9 Å². The van der Waals surface area contributed by atoms with Crippen molar-refractivity contribution in [2.75, 3.05) is 13.1 Å². The van der Waals surface area contributed by atoms with Crippen LogP contribution in [0.4, 0.5) is 0 Å². The highest BCUT2D eigenvalue weighted by atomic mass is 14.9. The first-order valence-corrected chi connectivity index (χ1v) is 4.73. The maximum absolute atomic E-state index is 5.53. The third-order valence-corrected chi connectivity index (χ3v) is 1.99. The van der Waals surface area contributed by atoms with E-state index in [0.29, 0.717) is 6.54 Å². The number of hydrogen-bond acceptors (Lipinski definition) is 2. The second-order valence-electron chi connectivity index (χ2n) is 3.04. The van der Waals surface area contributed by atoms with Crippen LogP contribution in [0.3, 0.4) is 0 Å². The van der Waals surface area contributed by atoms with Gasteiger partial charge in [-0.15, -0.1) is 6.58 Å². The van der Waals surface area contributed by atoms with E-state index in [1.165, 1.54) is 0 Å². The van der Waals surface area contributed by atoms with Crippen LogP contribution in [0.15, 0.2) is 48.7 Å². The molecule has 0 aliphatic carbocycles. The molecule has 0 atom stereocenters. The van der Waals surface area contributed by atoms with Crippen molar-refractivity contribution in [3.8, 4) is 0 Å². The van der Waals surface area contributed by atoms with E-state index in [4.69, 9.17) is 5.73 Å². The summed E-state index contributed by atoms with van der Waals surface area (Å²) in [6.45, 7) is 14.7. The van der Waals surface area contributed by atoms with Crippen molar-refractivity contribution in [2.24, 2.45) is 5.73 Å². The zero-order valence-electron chi connectivity index (χ0n) is 8.97. The van der Waals surface area contributed by atoms with Gasteiger partial charge in [-0.05, 0) is 31.0 Å². The van der Waals surface area contributed by atoms with Crippen molar-refractivity contribution in [1.82, 2.24) is 5.32 Å². The Morgan fingerprint density at radius 2 is 2.07 bits per heavy atom. The van der Waals surface area contributed by atoms with Gasteiger partial charge in [-0.1, -0.05) is 25.3 Å². The third-order valence-electron chi connectivity index (χ3n) is 1.99. The lowest BCUT2D eigenvalue weighted by Crippen LogP contribution is -2.15. The first-order chi connectivity index (χ1) is 6.67. The van der Waals surface area contributed by atoms with Crippen LogP contribution in [0.25, 0.3) is 0 Å². The summed E-state index contributed by atoms with van der Waals surface area (Å²) in [5, 5.41) is 3.23. The quantitative estimate of drug-likeness (QED) is 0.479. The number of nitrogens with two attached hydrogens (primary N) is 1. The molecule has 0 saturated heterocycles. The Hall–Kier alpha value is -1.28. The Bertz CT molecular complexity index is 249. The number of allylic oxidation sites excluding steroid dienone is 3. The molecule has 0 amide bonds. The predicted octanol–water partition coefficient (Wildman–Crippen LogP) is 2.13. The van der Waals surface area contributed by atoms with E-state index in [1.54, 1.807) is 6.08 Å². The molecule has 0 saturated carbocycles. The molecule has 0 aliphatic heterocycles. The molecule has 0 unspecified atom stereocenters. The summed E-state index contributed by atoms with van der Waals surface area (Å²) < 4.78 is 0. The van der Waals surface area contributed by atoms with Gasteiger partial charge < -0.3 is 11.1 Å². The summed E-state index contributed by atoms with van der Waals surface area (Å²) in [4.78, 5) is 0. The number of nitrogens with one attached hydrogen (secondary N) is 1. The number of rotatable bonds is 7. The van der Waals surface area contributed by atoms with Gasteiger partial charge in [0.05, 0.1) is 0 Å². The molecule has 3 N–H and O–H groups in total. The van der Waals surface area contributed by atoms with Crippen LogP contribution in [0.1, 0.15) is 13.3 Å². The van der Waals surface area contributed by atoms with Crippen LogP contribution >= 0.6 is 0 Å². The van der Waals surface area contributed by atoms with Crippen LogP contribution in [-0.4, -0.2) is 13.1 Å². The first kappa shape index (κ1) is 12.7. The van der Waals surface area contributed by atoms with E-state index < -0.39 is 0 Å². The zero-order valence-corrected chi connectivity index (χ0v) is 8.97. The van der Waals surface area contributed by atoms with Crippen molar-refractivity contribution in [3.63, 3.8) is 0 Å². The van der Waals surface area contributed by atoms with Gasteiger partial charge in [-0.3, -0.25) is 0 Å². The largest absolute Gasteiger partial charge is 0.385 e. The van der Waals surface area contributed by atoms with Gasteiger partial charge in [0.1, 0.15) is 0 Å². The molecule has 0 rings (SSSR count). The molecule has 78 valence electrons. The number of hydrogen-bond donors (Lipinski definition) is 2. The minimum Gasteiger partial charge on any atom is -0.385 e. The first-order valence-electron chi connectivity index (χ1n) is 4.73. The average molecular weight is 192 g/mol. The van der Waals surface area contributed by atoms with Crippen molar-refractivity contribution < 1.29 is 0 Å². The third kappa shape index (κ3) is 4.10. The lowest BCUT2D eigenvalue weighted by atomic mass is 10.0. The minimum absolute atomic E-state index is 0.620. The lowest BCUT2D eigenvalue weighted by molar-refractivity contribution is 0.852. The van der Waals surface area contributed by atoms with Gasteiger partial charge in [-0.2, -0.15) is 0 Å². The summed E-state index contributed by atoms with van der Waals surface area (Å²) in [6.07, 6.45) is 4.39. The molecule has 14 heavy (non-hydrogen) atoms. The van der Waals surface area contributed by atoms with Gasteiger partial charge >= 0.3 is 0 Å². The molecular formula is C12H20N2. The SMILES string of the molecule is C=CCN/C(C)=C(/CCN)C(=C)C=C. The maximum Gasteiger partial charge on any atom is 0.0325 e. The molecule has 0 aromatic rings. The fraction of sp³-hybridized carbons (Fsp3) is 0.333. The Morgan fingerprint density at radius 3 is 2.50 bits per heavy atom. The van der Waals surface area contributed by atoms with E-state index in [9.17, 15) is 0 Å². The van der Waals surface area contributed by atoms with Crippen LogP contribution in [-0.2, 0) is 0 Å².